The molecule has 208 valence electrons. The van der Waals surface area contributed by atoms with Crippen molar-refractivity contribution in [2.24, 2.45) is 5.41 Å². The molecule has 1 amide bonds. The van der Waals surface area contributed by atoms with E-state index in [2.05, 4.69) is 25.5 Å². The molecule has 10 nitrogen and oxygen atoms in total. The Bertz CT molecular complexity index is 1600. The molecule has 0 radical (unpaired) electrons. The molecule has 4 aromatic rings. The molecule has 40 heavy (non-hydrogen) atoms. The Morgan fingerprint density at radius 2 is 1.98 bits per heavy atom. The number of hydrogen-bond donors (Lipinski definition) is 1. The fraction of sp³-hybridized carbons (Fsp3) is 0.407. The predicted octanol–water partition coefficient (Wildman–Crippen LogP) is 3.74. The highest BCUT2D eigenvalue weighted by molar-refractivity contribution is 6.09. The van der Waals surface area contributed by atoms with Gasteiger partial charge in [-0.1, -0.05) is 17.3 Å². The number of likely N-dealkylation sites (tertiary alicyclic amines) is 1. The molecule has 0 unspecified atom stereocenters. The van der Waals surface area contributed by atoms with Gasteiger partial charge in [0.25, 0.3) is 5.91 Å². The van der Waals surface area contributed by atoms with E-state index < -0.39 is 12.7 Å². The smallest absolute Gasteiger partial charge is 0.380 e. The number of ether oxygens (including phenoxy) is 1. The summed E-state index contributed by atoms with van der Waals surface area (Å²) in [6, 6.07) is 9.39. The number of carbonyl (C=O) groups excluding carboxylic acids is 1. The van der Waals surface area contributed by atoms with E-state index in [1.165, 1.54) is 4.90 Å². The highest BCUT2D eigenvalue weighted by atomic mass is 19.4. The average molecular weight is 554 g/mol. The molecule has 3 aromatic heterocycles. The Hall–Kier alpha value is -3.97. The molecular weight excluding hydrogens is 527 g/mol. The third-order valence-corrected chi connectivity index (χ3v) is 7.88. The number of anilines is 2. The minimum absolute atomic E-state index is 0.213. The van der Waals surface area contributed by atoms with E-state index >= 15 is 0 Å². The molecule has 1 N–H and O–H groups in total. The maximum Gasteiger partial charge on any atom is 0.401 e. The number of nitrogens with zero attached hydrogens (tertiary/aromatic N) is 6. The number of aromatic nitrogens is 4. The van der Waals surface area contributed by atoms with Crippen molar-refractivity contribution in [3.05, 3.63) is 59.7 Å². The lowest BCUT2D eigenvalue weighted by Crippen LogP contribution is -2.66. The maximum absolute atomic E-state index is 13.4. The summed E-state index contributed by atoms with van der Waals surface area (Å²) in [7, 11) is 0. The van der Waals surface area contributed by atoms with E-state index in [-0.39, 0.29) is 30.3 Å². The summed E-state index contributed by atoms with van der Waals surface area (Å²) in [5, 5.41) is 11.4. The standard InChI is InChI=1S/C27H26F3N7O3/c1-16-2-3-17(23-33-25(40-34-23)18-9-35(10-18)13-27(28,29)30)6-21(16)32-24(38)20-8-31-37-5-4-19(7-22(20)37)36-11-26(12-36)14-39-15-26/h2-8,18H,9-15H2,1H3,(H,32,38). The van der Waals surface area contributed by atoms with E-state index in [1.807, 2.05) is 37.4 Å². The van der Waals surface area contributed by atoms with Crippen LogP contribution < -0.4 is 10.2 Å². The monoisotopic (exact) mass is 553 g/mol. The van der Waals surface area contributed by atoms with Crippen LogP contribution in [0.1, 0.15) is 27.7 Å². The third kappa shape index (κ3) is 4.48. The molecule has 0 atom stereocenters. The van der Waals surface area contributed by atoms with E-state index in [9.17, 15) is 18.0 Å². The van der Waals surface area contributed by atoms with E-state index in [0.29, 0.717) is 34.0 Å². The highest BCUT2D eigenvalue weighted by Crippen LogP contribution is 2.40. The quantitative estimate of drug-likeness (QED) is 0.386. The lowest BCUT2D eigenvalue weighted by molar-refractivity contribution is -0.155. The van der Waals surface area contributed by atoms with Crippen molar-refractivity contribution in [3.63, 3.8) is 0 Å². The first-order valence-electron chi connectivity index (χ1n) is 13.0. The summed E-state index contributed by atoms with van der Waals surface area (Å²) < 4.78 is 50.1. The zero-order valence-corrected chi connectivity index (χ0v) is 21.6. The first-order chi connectivity index (χ1) is 19.1. The van der Waals surface area contributed by atoms with Crippen molar-refractivity contribution in [1.82, 2.24) is 24.7 Å². The number of hydrogen-bond acceptors (Lipinski definition) is 8. The zero-order valence-electron chi connectivity index (χ0n) is 21.6. The summed E-state index contributed by atoms with van der Waals surface area (Å²) in [4.78, 5) is 21.3. The van der Waals surface area contributed by atoms with Crippen molar-refractivity contribution in [2.75, 3.05) is 56.2 Å². The minimum atomic E-state index is -4.23. The van der Waals surface area contributed by atoms with Crippen molar-refractivity contribution >= 4 is 22.8 Å². The number of halogens is 3. The minimum Gasteiger partial charge on any atom is -0.380 e. The fourth-order valence-corrected chi connectivity index (χ4v) is 5.57. The SMILES string of the molecule is Cc1ccc(-c2noc(C3CN(CC(F)(F)F)C3)n2)cc1NC(=O)c1cnn2ccc(N3CC4(COC4)C3)cc12. The Morgan fingerprint density at radius 3 is 2.70 bits per heavy atom. The Kier molecular flexibility index (Phi) is 5.65. The number of rotatable bonds is 6. The summed E-state index contributed by atoms with van der Waals surface area (Å²) in [6.45, 7) is 4.84. The van der Waals surface area contributed by atoms with Crippen LogP contribution in [0, 0.1) is 12.3 Å². The van der Waals surface area contributed by atoms with Crippen LogP contribution in [0.3, 0.4) is 0 Å². The van der Waals surface area contributed by atoms with Crippen molar-refractivity contribution in [2.45, 2.75) is 19.0 Å². The van der Waals surface area contributed by atoms with Gasteiger partial charge in [0.2, 0.25) is 11.7 Å². The van der Waals surface area contributed by atoms with Gasteiger partial charge in [-0.2, -0.15) is 23.3 Å². The van der Waals surface area contributed by atoms with Crippen LogP contribution in [0.15, 0.2) is 47.2 Å². The molecule has 0 bridgehead atoms. The largest absolute Gasteiger partial charge is 0.401 e. The Balaban J connectivity index is 1.06. The topological polar surface area (TPSA) is 101 Å². The number of pyridine rings is 1. The Morgan fingerprint density at radius 1 is 1.18 bits per heavy atom. The molecular formula is C27H26F3N7O3. The molecule has 13 heteroatoms. The number of fused-ring (bicyclic) bond motifs is 1. The second kappa shape index (κ2) is 9.03. The van der Waals surface area contributed by atoms with Gasteiger partial charge in [0.1, 0.15) is 0 Å². The van der Waals surface area contributed by atoms with Crippen LogP contribution in [-0.4, -0.2) is 82.7 Å². The normalized spacial score (nSPS) is 18.9. The third-order valence-electron chi connectivity index (χ3n) is 7.88. The molecule has 3 fully saturated rings. The lowest BCUT2D eigenvalue weighted by atomic mass is 9.78. The van der Waals surface area contributed by atoms with Gasteiger partial charge < -0.3 is 19.5 Å². The van der Waals surface area contributed by atoms with Gasteiger partial charge in [-0.3, -0.25) is 9.69 Å². The molecule has 1 spiro atoms. The van der Waals surface area contributed by atoms with Crippen LogP contribution in [0.5, 0.6) is 0 Å². The summed E-state index contributed by atoms with van der Waals surface area (Å²) in [5.74, 6) is 0.0785. The number of aryl methyl sites for hydroxylation is 1. The molecule has 7 rings (SSSR count). The number of alkyl halides is 3. The van der Waals surface area contributed by atoms with Crippen molar-refractivity contribution in [1.29, 1.82) is 0 Å². The van der Waals surface area contributed by atoms with Gasteiger partial charge >= 0.3 is 6.18 Å². The second-order valence-electron chi connectivity index (χ2n) is 11.1. The number of benzene rings is 1. The Labute approximate surface area is 226 Å². The number of carbonyl (C=O) groups is 1. The van der Waals surface area contributed by atoms with Crippen LogP contribution >= 0.6 is 0 Å². The van der Waals surface area contributed by atoms with Gasteiger partial charge in [-0.05, 0) is 30.7 Å². The summed E-state index contributed by atoms with van der Waals surface area (Å²) in [6.07, 6.45) is -0.826. The van der Waals surface area contributed by atoms with Gasteiger partial charge in [-0.15, -0.1) is 0 Å². The highest BCUT2D eigenvalue weighted by Gasteiger charge is 2.49. The van der Waals surface area contributed by atoms with Crippen molar-refractivity contribution in [3.8, 4) is 11.4 Å². The number of nitrogens with one attached hydrogen (secondary N) is 1. The summed E-state index contributed by atoms with van der Waals surface area (Å²) >= 11 is 0. The summed E-state index contributed by atoms with van der Waals surface area (Å²) in [5.41, 5.74) is 4.52. The van der Waals surface area contributed by atoms with Crippen LogP contribution in [0.25, 0.3) is 16.9 Å². The first-order valence-corrected chi connectivity index (χ1v) is 13.0. The molecule has 1 aromatic carbocycles. The van der Waals surface area contributed by atoms with Crippen LogP contribution in [-0.2, 0) is 4.74 Å². The first kappa shape index (κ1) is 25.0. The van der Waals surface area contributed by atoms with Gasteiger partial charge in [0.15, 0.2) is 0 Å². The van der Waals surface area contributed by atoms with Crippen molar-refractivity contribution < 1.29 is 27.2 Å². The fourth-order valence-electron chi connectivity index (χ4n) is 5.57. The molecule has 0 aliphatic carbocycles. The molecule has 0 saturated carbocycles. The van der Waals surface area contributed by atoms with Crippen LogP contribution in [0.2, 0.25) is 0 Å². The molecule has 3 aliphatic rings. The predicted molar refractivity (Wildman–Crippen MR) is 138 cm³/mol. The molecule has 6 heterocycles. The number of amides is 1. The van der Waals surface area contributed by atoms with Gasteiger partial charge in [-0.25, -0.2) is 4.52 Å². The van der Waals surface area contributed by atoms with E-state index in [1.54, 1.807) is 16.8 Å². The molecule has 3 aliphatic heterocycles. The lowest BCUT2D eigenvalue weighted by Gasteiger charge is -2.56. The second-order valence-corrected chi connectivity index (χ2v) is 11.1. The zero-order chi connectivity index (χ0) is 27.6. The van der Waals surface area contributed by atoms with Gasteiger partial charge in [0.05, 0.1) is 48.4 Å². The maximum atomic E-state index is 13.4. The van der Waals surface area contributed by atoms with E-state index in [0.717, 1.165) is 37.6 Å². The van der Waals surface area contributed by atoms with Crippen LogP contribution in [0.4, 0.5) is 24.5 Å². The van der Waals surface area contributed by atoms with E-state index in [4.69, 9.17) is 9.26 Å². The van der Waals surface area contributed by atoms with Gasteiger partial charge in [0, 0.05) is 49.3 Å². The average Bonchev–Trinajstić information content (AvgIpc) is 3.47. The molecule has 3 saturated heterocycles.